The highest BCUT2D eigenvalue weighted by atomic mass is 14.2. The van der Waals surface area contributed by atoms with Crippen LogP contribution in [0.5, 0.6) is 0 Å². The van der Waals surface area contributed by atoms with Crippen LogP contribution in [0.15, 0.2) is 0 Å². The molecule has 0 saturated carbocycles. The summed E-state index contributed by atoms with van der Waals surface area (Å²) in [6.07, 6.45) is 6.12. The van der Waals surface area contributed by atoms with Gasteiger partial charge in [0.1, 0.15) is 0 Å². The molecule has 0 aromatic heterocycles. The first kappa shape index (κ1) is 12.1. The minimum Gasteiger partial charge on any atom is -0.0686 e. The minimum absolute atomic E-state index is 0.0748. The van der Waals surface area contributed by atoms with Gasteiger partial charge in [0.25, 0.3) is 0 Å². The Kier molecular flexibility index (Phi) is 5.70. The van der Waals surface area contributed by atoms with E-state index in [0.717, 1.165) is 5.92 Å². The van der Waals surface area contributed by atoms with Gasteiger partial charge in [0.15, 0.2) is 0 Å². The van der Waals surface area contributed by atoms with E-state index < -0.39 is 0 Å². The molecule has 70 valence electrons. The highest BCUT2D eigenvalue weighted by molar-refractivity contribution is 6.14. The van der Waals surface area contributed by atoms with Crippen LogP contribution in [0.25, 0.3) is 0 Å². The zero-order chi connectivity index (χ0) is 9.61. The van der Waals surface area contributed by atoms with E-state index in [4.69, 9.17) is 7.85 Å². The third kappa shape index (κ3) is 5.68. The highest BCUT2D eigenvalue weighted by Crippen LogP contribution is 2.36. The molecule has 0 aliphatic rings. The molecule has 0 saturated heterocycles. The van der Waals surface area contributed by atoms with Gasteiger partial charge < -0.3 is 0 Å². The van der Waals surface area contributed by atoms with Crippen LogP contribution in [0, 0.1) is 5.92 Å². The third-order valence-electron chi connectivity index (χ3n) is 2.61. The molecule has 2 unspecified atom stereocenters. The molecule has 0 heterocycles. The van der Waals surface area contributed by atoms with E-state index in [0.29, 0.717) is 0 Å². The molecule has 2 radical (unpaired) electrons. The summed E-state index contributed by atoms with van der Waals surface area (Å²) in [6, 6.07) is 0. The van der Waals surface area contributed by atoms with Crippen molar-refractivity contribution >= 4 is 7.85 Å². The molecule has 0 spiro atoms. The standard InChI is InChI=1S/C11H23B/c1-5-7-8-11(4,12)9-10(3)6-2/h10H,5-9H2,1-4H3. The lowest BCUT2D eigenvalue weighted by Crippen LogP contribution is -2.12. The molecule has 2 atom stereocenters. The van der Waals surface area contributed by atoms with E-state index in [-0.39, 0.29) is 5.31 Å². The first-order chi connectivity index (χ1) is 5.52. The average Bonchev–Trinajstić information content (AvgIpc) is 2.00. The lowest BCUT2D eigenvalue weighted by Gasteiger charge is -2.28. The first-order valence-electron chi connectivity index (χ1n) is 5.30. The van der Waals surface area contributed by atoms with E-state index in [1.54, 1.807) is 0 Å². The second-order valence-corrected chi connectivity index (χ2v) is 4.48. The molecule has 0 aliphatic carbocycles. The maximum atomic E-state index is 6.18. The SMILES string of the molecule is [B]C(C)(CCCC)CC(C)CC. The molecule has 0 amide bonds. The fraction of sp³-hybridized carbons (Fsp3) is 1.00. The second kappa shape index (κ2) is 5.67. The lowest BCUT2D eigenvalue weighted by molar-refractivity contribution is 0.395. The molecule has 0 aromatic rings. The van der Waals surface area contributed by atoms with Crippen LogP contribution in [0.1, 0.15) is 59.8 Å². The van der Waals surface area contributed by atoms with Crippen LogP contribution in [0.3, 0.4) is 0 Å². The van der Waals surface area contributed by atoms with Crippen LogP contribution in [-0.4, -0.2) is 7.85 Å². The van der Waals surface area contributed by atoms with Crippen LogP contribution in [-0.2, 0) is 0 Å². The Morgan fingerprint density at radius 3 is 2.33 bits per heavy atom. The van der Waals surface area contributed by atoms with Crippen LogP contribution < -0.4 is 0 Å². The van der Waals surface area contributed by atoms with Crippen LogP contribution >= 0.6 is 0 Å². The van der Waals surface area contributed by atoms with Crippen molar-refractivity contribution in [1.29, 1.82) is 0 Å². The van der Waals surface area contributed by atoms with Crippen LogP contribution in [0.2, 0.25) is 5.31 Å². The Hall–Kier alpha value is 0.0649. The van der Waals surface area contributed by atoms with E-state index in [1.165, 1.54) is 32.1 Å². The predicted molar refractivity (Wildman–Crippen MR) is 57.7 cm³/mol. The number of hydrogen-bond donors (Lipinski definition) is 0. The number of hydrogen-bond acceptors (Lipinski definition) is 0. The highest BCUT2D eigenvalue weighted by Gasteiger charge is 2.18. The summed E-state index contributed by atoms with van der Waals surface area (Å²) in [4.78, 5) is 0. The summed E-state index contributed by atoms with van der Waals surface area (Å²) in [5.74, 6) is 0.775. The minimum atomic E-state index is 0.0748. The monoisotopic (exact) mass is 166 g/mol. The molecular formula is C11H23B. The lowest BCUT2D eigenvalue weighted by atomic mass is 9.63. The molecule has 0 N–H and O–H groups in total. The first-order valence-corrected chi connectivity index (χ1v) is 5.30. The third-order valence-corrected chi connectivity index (χ3v) is 2.61. The Morgan fingerprint density at radius 2 is 1.92 bits per heavy atom. The van der Waals surface area contributed by atoms with E-state index in [9.17, 15) is 0 Å². The van der Waals surface area contributed by atoms with Gasteiger partial charge in [0.05, 0.1) is 7.85 Å². The van der Waals surface area contributed by atoms with Gasteiger partial charge in [-0.15, -0.1) is 0 Å². The van der Waals surface area contributed by atoms with Crippen molar-refractivity contribution in [2.45, 2.75) is 65.1 Å². The Labute approximate surface area is 79.5 Å². The average molecular weight is 166 g/mol. The molecule has 0 nitrogen and oxygen atoms in total. The summed E-state index contributed by atoms with van der Waals surface area (Å²) < 4.78 is 0. The summed E-state index contributed by atoms with van der Waals surface area (Å²) >= 11 is 0. The number of unbranched alkanes of at least 4 members (excludes halogenated alkanes) is 1. The molecule has 1 heteroatoms. The molecule has 0 fully saturated rings. The van der Waals surface area contributed by atoms with E-state index in [2.05, 4.69) is 27.7 Å². The quantitative estimate of drug-likeness (QED) is 0.524. The second-order valence-electron chi connectivity index (χ2n) is 4.48. The molecule has 0 rings (SSSR count). The van der Waals surface area contributed by atoms with Crippen molar-refractivity contribution in [2.24, 2.45) is 5.92 Å². The van der Waals surface area contributed by atoms with Crippen molar-refractivity contribution < 1.29 is 0 Å². The van der Waals surface area contributed by atoms with Gasteiger partial charge in [-0.3, -0.25) is 0 Å². The van der Waals surface area contributed by atoms with E-state index >= 15 is 0 Å². The molecule has 0 bridgehead atoms. The van der Waals surface area contributed by atoms with E-state index in [1.807, 2.05) is 0 Å². The maximum absolute atomic E-state index is 6.18. The summed E-state index contributed by atoms with van der Waals surface area (Å²) in [5.41, 5.74) is 0. The normalized spacial score (nSPS) is 18.7. The molecule has 0 aromatic carbocycles. The fourth-order valence-electron chi connectivity index (χ4n) is 1.62. The predicted octanol–water partition coefficient (Wildman–Crippen LogP) is 3.96. The van der Waals surface area contributed by atoms with Gasteiger partial charge in [0, 0.05) is 0 Å². The fourth-order valence-corrected chi connectivity index (χ4v) is 1.62. The van der Waals surface area contributed by atoms with Crippen molar-refractivity contribution in [3.05, 3.63) is 0 Å². The summed E-state index contributed by atoms with van der Waals surface area (Å²) in [6.45, 7) is 8.94. The summed E-state index contributed by atoms with van der Waals surface area (Å²) in [7, 11) is 6.18. The van der Waals surface area contributed by atoms with Crippen molar-refractivity contribution in [3.63, 3.8) is 0 Å². The zero-order valence-corrected chi connectivity index (χ0v) is 9.19. The zero-order valence-electron chi connectivity index (χ0n) is 9.19. The largest absolute Gasteiger partial charge is 0.0742 e. The Bertz CT molecular complexity index is 108. The van der Waals surface area contributed by atoms with Gasteiger partial charge in [-0.05, 0) is 5.92 Å². The molecule has 12 heavy (non-hydrogen) atoms. The van der Waals surface area contributed by atoms with Gasteiger partial charge in [-0.2, -0.15) is 0 Å². The van der Waals surface area contributed by atoms with Gasteiger partial charge in [-0.25, -0.2) is 0 Å². The number of rotatable bonds is 6. The van der Waals surface area contributed by atoms with Gasteiger partial charge in [0.2, 0.25) is 0 Å². The summed E-state index contributed by atoms with van der Waals surface area (Å²) in [5, 5.41) is 0.0748. The van der Waals surface area contributed by atoms with Crippen molar-refractivity contribution in [3.8, 4) is 0 Å². The smallest absolute Gasteiger partial charge is 0.0686 e. The van der Waals surface area contributed by atoms with Crippen molar-refractivity contribution in [2.75, 3.05) is 0 Å². The van der Waals surface area contributed by atoms with Gasteiger partial charge >= 0.3 is 0 Å². The maximum Gasteiger partial charge on any atom is 0.0742 e. The van der Waals surface area contributed by atoms with Gasteiger partial charge in [-0.1, -0.05) is 65.1 Å². The Morgan fingerprint density at radius 1 is 1.33 bits per heavy atom. The Balaban J connectivity index is 3.69. The van der Waals surface area contributed by atoms with Crippen LogP contribution in [0.4, 0.5) is 0 Å². The molecular weight excluding hydrogens is 143 g/mol. The topological polar surface area (TPSA) is 0 Å². The van der Waals surface area contributed by atoms with Crippen molar-refractivity contribution in [1.82, 2.24) is 0 Å². The molecule has 0 aliphatic heterocycles.